The van der Waals surface area contributed by atoms with E-state index >= 15 is 0 Å². The van der Waals surface area contributed by atoms with Gasteiger partial charge in [0.05, 0.1) is 0 Å². The number of hydrogen-bond acceptors (Lipinski definition) is 2. The van der Waals surface area contributed by atoms with E-state index in [0.717, 1.165) is 0 Å². The molecule has 0 atom stereocenters. The van der Waals surface area contributed by atoms with E-state index in [9.17, 15) is 0 Å². The van der Waals surface area contributed by atoms with Crippen LogP contribution in [0.2, 0.25) is 0 Å². The van der Waals surface area contributed by atoms with Gasteiger partial charge >= 0.3 is 0 Å². The Balaban J connectivity index is 2.12. The van der Waals surface area contributed by atoms with Gasteiger partial charge in [0.1, 0.15) is 0 Å². The highest BCUT2D eigenvalue weighted by Gasteiger charge is 2.13. The predicted molar refractivity (Wildman–Crippen MR) is 49.8 cm³/mol. The minimum atomic E-state index is 1.36. The summed E-state index contributed by atoms with van der Waals surface area (Å²) in [5.41, 5.74) is 1.71. The van der Waals surface area contributed by atoms with Crippen LogP contribution in [0.4, 0.5) is 0 Å². The second-order valence-electron chi connectivity index (χ2n) is 2.61. The zero-order valence-electron chi connectivity index (χ0n) is 5.80. The first kappa shape index (κ1) is 6.86. The van der Waals surface area contributed by atoms with E-state index in [2.05, 4.69) is 10.8 Å². The van der Waals surface area contributed by atoms with Gasteiger partial charge in [0.15, 0.2) is 0 Å². The molecule has 0 N–H and O–H groups in total. The molecule has 2 aliphatic rings. The Labute approximate surface area is 70.1 Å². The summed E-state index contributed by atoms with van der Waals surface area (Å²) >= 11 is 3.80. The van der Waals surface area contributed by atoms with Crippen LogP contribution >= 0.6 is 23.5 Å². The van der Waals surface area contributed by atoms with Crippen LogP contribution in [-0.4, -0.2) is 0 Å². The molecule has 0 amide bonds. The van der Waals surface area contributed by atoms with Crippen LogP contribution in [0.5, 0.6) is 0 Å². The summed E-state index contributed by atoms with van der Waals surface area (Å²) in [6.07, 6.45) is 5.55. The number of rotatable bonds is 0. The minimum Gasteiger partial charge on any atom is -0.0902 e. The lowest BCUT2D eigenvalue weighted by atomic mass is 10.3. The van der Waals surface area contributed by atoms with Crippen molar-refractivity contribution in [2.45, 2.75) is 25.7 Å². The molecule has 54 valence electrons. The number of hydrogen-bond donors (Lipinski definition) is 0. The highest BCUT2D eigenvalue weighted by molar-refractivity contribution is 8.27. The normalized spacial score (nSPS) is 24.8. The molecule has 2 heteroatoms. The lowest BCUT2D eigenvalue weighted by Gasteiger charge is -1.98. The average Bonchev–Trinajstić information content (AvgIpc) is 2.59. The molecule has 0 nitrogen and oxygen atoms in total. The van der Waals surface area contributed by atoms with Crippen molar-refractivity contribution in [1.29, 1.82) is 0 Å². The molecule has 1 heterocycles. The van der Waals surface area contributed by atoms with Gasteiger partial charge in [0, 0.05) is 4.24 Å². The third kappa shape index (κ3) is 1.28. The zero-order valence-corrected chi connectivity index (χ0v) is 7.43. The van der Waals surface area contributed by atoms with E-state index in [-0.39, 0.29) is 0 Å². The second kappa shape index (κ2) is 3.05. The Morgan fingerprint density at radius 1 is 1.00 bits per heavy atom. The zero-order chi connectivity index (χ0) is 6.81. The molecule has 2 rings (SSSR count). The minimum absolute atomic E-state index is 1.36. The fourth-order valence-electron chi connectivity index (χ4n) is 1.38. The van der Waals surface area contributed by atoms with Crippen molar-refractivity contribution in [3.05, 3.63) is 20.6 Å². The van der Waals surface area contributed by atoms with Crippen LogP contribution < -0.4 is 0 Å². The van der Waals surface area contributed by atoms with Gasteiger partial charge in [-0.2, -0.15) is 0 Å². The van der Waals surface area contributed by atoms with Gasteiger partial charge in [-0.15, -0.1) is 0 Å². The maximum Gasteiger partial charge on any atom is 0.0479 e. The average molecular weight is 170 g/mol. The van der Waals surface area contributed by atoms with Gasteiger partial charge in [-0.1, -0.05) is 23.5 Å². The second-order valence-corrected chi connectivity index (χ2v) is 4.70. The molecule has 10 heavy (non-hydrogen) atoms. The Morgan fingerprint density at radius 3 is 2.20 bits per heavy atom. The fraction of sp³-hybridized carbons (Fsp3) is 0.500. The molecule has 0 spiro atoms. The van der Waals surface area contributed by atoms with E-state index in [1.54, 1.807) is 9.81 Å². The fourth-order valence-corrected chi connectivity index (χ4v) is 3.37. The molecule has 0 aromatic rings. The van der Waals surface area contributed by atoms with E-state index in [1.807, 2.05) is 23.5 Å². The highest BCUT2D eigenvalue weighted by atomic mass is 32.2. The van der Waals surface area contributed by atoms with E-state index in [4.69, 9.17) is 0 Å². The molecular formula is C8H10S2. The summed E-state index contributed by atoms with van der Waals surface area (Å²) in [7, 11) is 0. The summed E-state index contributed by atoms with van der Waals surface area (Å²) in [5.74, 6) is 0. The first-order valence-corrected chi connectivity index (χ1v) is 5.43. The third-order valence-corrected chi connectivity index (χ3v) is 4.20. The van der Waals surface area contributed by atoms with Crippen LogP contribution in [-0.2, 0) is 0 Å². The lowest BCUT2D eigenvalue weighted by molar-refractivity contribution is 0.886. The van der Waals surface area contributed by atoms with E-state index < -0.39 is 0 Å². The standard InChI is InChI=1S/C8H10S2/c1-2-4-7(3-1)8-9-5-6-10-8/h5-6H,1-4H2. The quantitative estimate of drug-likeness (QED) is 0.543. The Morgan fingerprint density at radius 2 is 1.60 bits per heavy atom. The Hall–Kier alpha value is 0.180. The van der Waals surface area contributed by atoms with Crippen LogP contribution in [0, 0.1) is 0 Å². The topological polar surface area (TPSA) is 0 Å². The molecule has 1 aliphatic heterocycles. The summed E-state index contributed by atoms with van der Waals surface area (Å²) in [6, 6.07) is 0. The molecule has 0 saturated heterocycles. The molecule has 1 aliphatic carbocycles. The van der Waals surface area contributed by atoms with Crippen LogP contribution in [0.3, 0.4) is 0 Å². The lowest BCUT2D eigenvalue weighted by Crippen LogP contribution is -1.73. The number of thioether (sulfide) groups is 2. The maximum absolute atomic E-state index is 2.19. The molecule has 0 unspecified atom stereocenters. The maximum atomic E-state index is 2.19. The summed E-state index contributed by atoms with van der Waals surface area (Å²) < 4.78 is 1.57. The smallest absolute Gasteiger partial charge is 0.0479 e. The van der Waals surface area contributed by atoms with Crippen molar-refractivity contribution in [3.63, 3.8) is 0 Å². The molecule has 0 radical (unpaired) electrons. The summed E-state index contributed by atoms with van der Waals surface area (Å²) in [6.45, 7) is 0. The van der Waals surface area contributed by atoms with Gasteiger partial charge < -0.3 is 0 Å². The van der Waals surface area contributed by atoms with Crippen LogP contribution in [0.25, 0.3) is 0 Å². The Bertz CT molecular complexity index is 173. The summed E-state index contributed by atoms with van der Waals surface area (Å²) in [4.78, 5) is 0. The molecule has 1 fully saturated rings. The van der Waals surface area contributed by atoms with Crippen molar-refractivity contribution in [2.75, 3.05) is 0 Å². The van der Waals surface area contributed by atoms with E-state index in [1.165, 1.54) is 25.7 Å². The predicted octanol–water partition coefficient (Wildman–Crippen LogP) is 3.72. The summed E-state index contributed by atoms with van der Waals surface area (Å²) in [5, 5.41) is 4.37. The van der Waals surface area contributed by atoms with Gasteiger partial charge in [-0.25, -0.2) is 0 Å². The monoisotopic (exact) mass is 170 g/mol. The largest absolute Gasteiger partial charge is 0.0902 e. The SMILES string of the molecule is C1=CSC(=C2CCCC2)S1. The molecule has 0 aromatic carbocycles. The van der Waals surface area contributed by atoms with Gasteiger partial charge in [-0.3, -0.25) is 0 Å². The molecule has 0 bridgehead atoms. The molecule has 1 saturated carbocycles. The van der Waals surface area contributed by atoms with Gasteiger partial charge in [-0.05, 0) is 42.1 Å². The van der Waals surface area contributed by atoms with Gasteiger partial charge in [0.25, 0.3) is 0 Å². The van der Waals surface area contributed by atoms with Crippen molar-refractivity contribution < 1.29 is 0 Å². The van der Waals surface area contributed by atoms with Crippen LogP contribution in [0.15, 0.2) is 20.6 Å². The first-order chi connectivity index (χ1) is 4.97. The highest BCUT2D eigenvalue weighted by Crippen LogP contribution is 2.44. The first-order valence-electron chi connectivity index (χ1n) is 3.67. The molecular weight excluding hydrogens is 160 g/mol. The van der Waals surface area contributed by atoms with Crippen molar-refractivity contribution in [3.8, 4) is 0 Å². The van der Waals surface area contributed by atoms with Crippen molar-refractivity contribution >= 4 is 23.5 Å². The Kier molecular flexibility index (Phi) is 2.10. The van der Waals surface area contributed by atoms with Crippen molar-refractivity contribution in [2.24, 2.45) is 0 Å². The van der Waals surface area contributed by atoms with Gasteiger partial charge in [0.2, 0.25) is 0 Å². The van der Waals surface area contributed by atoms with E-state index in [0.29, 0.717) is 0 Å². The number of allylic oxidation sites excluding steroid dienone is 1. The molecule has 0 aromatic heterocycles. The van der Waals surface area contributed by atoms with Crippen LogP contribution in [0.1, 0.15) is 25.7 Å². The third-order valence-electron chi connectivity index (χ3n) is 1.90. The van der Waals surface area contributed by atoms with Crippen molar-refractivity contribution in [1.82, 2.24) is 0 Å².